The van der Waals surface area contributed by atoms with Crippen LogP contribution in [0.3, 0.4) is 0 Å². The van der Waals surface area contributed by atoms with E-state index >= 15 is 0 Å². The van der Waals surface area contributed by atoms with Crippen molar-refractivity contribution in [2.24, 2.45) is 0 Å². The number of nitrogens with one attached hydrogen (secondary N) is 1. The van der Waals surface area contributed by atoms with E-state index in [4.69, 9.17) is 5.14 Å². The minimum absolute atomic E-state index is 0. The number of sulfonamides is 1. The summed E-state index contributed by atoms with van der Waals surface area (Å²) in [6, 6.07) is 0. The molecule has 0 unspecified atom stereocenters. The molecule has 0 aromatic rings. The van der Waals surface area contributed by atoms with E-state index in [9.17, 15) is 83.1 Å². The Morgan fingerprint density at radius 1 is 0.433 bits per heavy atom. The van der Waals surface area contributed by atoms with E-state index in [1.165, 1.54) is 0 Å². The summed E-state index contributed by atoms with van der Waals surface area (Å²) in [5, 5.41) is -2.24. The molecule has 0 amide bonds. The summed E-state index contributed by atoms with van der Waals surface area (Å²) in [6.45, 7) is 0. The maximum Gasteiger partial charge on any atom is 1.00 e. The van der Waals surface area contributed by atoms with Crippen LogP contribution in [0, 0.1) is 0 Å². The number of hydrogen-bond acceptors (Lipinski definition) is 2. The third-order valence-electron chi connectivity index (χ3n) is 3.03. The minimum Gasteiger partial charge on any atom is -0.559 e. The van der Waals surface area contributed by atoms with Crippen molar-refractivity contribution in [3.8, 4) is 0 Å². The van der Waals surface area contributed by atoms with E-state index < -0.39 is 57.0 Å². The third kappa shape index (κ3) is 3.85. The zero-order chi connectivity index (χ0) is 24.5. The predicted octanol–water partition coefficient (Wildman–Crippen LogP) is 2.34. The first-order chi connectivity index (χ1) is 12.0. The molecule has 0 aromatic carbocycles. The van der Waals surface area contributed by atoms with Gasteiger partial charge in [0.1, 0.15) is 10.0 Å². The molecular weight excluding hydrogens is 520 g/mol. The largest absolute Gasteiger partial charge is 1.00 e. The summed E-state index contributed by atoms with van der Waals surface area (Å²) in [4.78, 5) is 0. The van der Waals surface area contributed by atoms with E-state index in [-0.39, 0.29) is 29.6 Å². The van der Waals surface area contributed by atoms with Crippen molar-refractivity contribution < 1.29 is 113 Å². The molecule has 0 aliphatic heterocycles. The second-order valence-electron chi connectivity index (χ2n) is 4.96. The minimum atomic E-state index is -8.87. The average Bonchev–Trinajstić information content (AvgIpc) is 2.43. The van der Waals surface area contributed by atoms with Crippen LogP contribution in [0.1, 0.15) is 0 Å². The molecule has 3 nitrogen and oxygen atoms in total. The van der Waals surface area contributed by atoms with Crippen molar-refractivity contribution in [2.75, 3.05) is 0 Å². The zero-order valence-electron chi connectivity index (χ0n) is 13.2. The molecule has 0 aliphatic rings. The van der Waals surface area contributed by atoms with Gasteiger partial charge >= 0.3 is 76.5 Å². The fraction of sp³-hybridized carbons (Fsp3) is 1.00. The molecule has 0 saturated heterocycles. The van der Waals surface area contributed by atoms with Crippen LogP contribution in [-0.2, 0) is 10.0 Å². The maximum absolute atomic E-state index is 13.1. The van der Waals surface area contributed by atoms with Crippen LogP contribution in [0.2, 0.25) is 0 Å². The van der Waals surface area contributed by atoms with Gasteiger partial charge in [-0.05, 0) is 0 Å². The van der Waals surface area contributed by atoms with Gasteiger partial charge in [0.25, 0.3) is 0 Å². The van der Waals surface area contributed by atoms with E-state index in [2.05, 4.69) is 0 Å². The Balaban J connectivity index is 0. The first-order valence-corrected chi connectivity index (χ1v) is 7.19. The SMILES string of the molecule is [NH-]S(=O)(=O)C(F)(F)C(F)(F)C(F)(F)C(F)(F)C(F)(F)C(F)(F)C(F)(F)C(F)(F)F.[Na+]. The summed E-state index contributed by atoms with van der Waals surface area (Å²) in [5.74, 6) is -51.8. The molecule has 0 aliphatic carbocycles. The maximum atomic E-state index is 13.1. The molecule has 0 heterocycles. The van der Waals surface area contributed by atoms with Crippen LogP contribution in [0.5, 0.6) is 0 Å². The van der Waals surface area contributed by atoms with Crippen LogP contribution >= 0.6 is 0 Å². The molecule has 0 aromatic heterocycles. The second-order valence-corrected chi connectivity index (χ2v) is 6.48. The summed E-state index contributed by atoms with van der Waals surface area (Å²) in [6.07, 6.45) is -7.87. The quantitative estimate of drug-likeness (QED) is 0.382. The number of rotatable bonds is 7. The van der Waals surface area contributed by atoms with Gasteiger partial charge in [0.15, 0.2) is 0 Å². The zero-order valence-corrected chi connectivity index (χ0v) is 16.0. The van der Waals surface area contributed by atoms with Crippen molar-refractivity contribution in [3.05, 3.63) is 5.14 Å². The number of halogens is 17. The number of alkyl halides is 17. The summed E-state index contributed by atoms with van der Waals surface area (Å²) in [5.41, 5.74) is 0. The van der Waals surface area contributed by atoms with Crippen molar-refractivity contribution in [1.29, 1.82) is 0 Å². The van der Waals surface area contributed by atoms with Crippen molar-refractivity contribution in [2.45, 2.75) is 47.0 Å². The van der Waals surface area contributed by atoms with Gasteiger partial charge < -0.3 is 5.14 Å². The van der Waals surface area contributed by atoms with Gasteiger partial charge in [-0.25, -0.2) is 8.42 Å². The monoisotopic (exact) mass is 521 g/mol. The standard InChI is InChI=1S/C8HF17NO2S.Na/c9-1(10,3(13,14)5(17,18)7(21,22)23)2(11,12)4(15,16)6(19,20)8(24,25)29(26,27)28;/h(H-,26,27,28);/q-1;+1. The Hall–Kier alpha value is -0.280. The van der Waals surface area contributed by atoms with Crippen LogP contribution < -0.4 is 29.6 Å². The van der Waals surface area contributed by atoms with Crippen LogP contribution in [0.4, 0.5) is 74.6 Å². The molecule has 0 bridgehead atoms. The fourth-order valence-electron chi connectivity index (χ4n) is 1.32. The Morgan fingerprint density at radius 3 is 0.833 bits per heavy atom. The fourth-order valence-corrected chi connectivity index (χ4v) is 1.78. The van der Waals surface area contributed by atoms with E-state index in [1.54, 1.807) is 0 Å². The molecule has 0 saturated carbocycles. The van der Waals surface area contributed by atoms with Gasteiger partial charge in [0.2, 0.25) is 0 Å². The van der Waals surface area contributed by atoms with Crippen LogP contribution in [-0.4, -0.2) is 55.4 Å². The smallest absolute Gasteiger partial charge is 0.559 e. The Bertz CT molecular complexity index is 741. The molecule has 22 heteroatoms. The summed E-state index contributed by atoms with van der Waals surface area (Å²) in [7, 11) is -7.64. The van der Waals surface area contributed by atoms with Gasteiger partial charge in [-0.3, -0.25) is 0 Å². The molecule has 0 atom stereocenters. The van der Waals surface area contributed by atoms with Gasteiger partial charge in [-0.1, -0.05) is 0 Å². The van der Waals surface area contributed by atoms with Crippen LogP contribution in [0.25, 0.3) is 5.14 Å². The summed E-state index contributed by atoms with van der Waals surface area (Å²) < 4.78 is 235. The van der Waals surface area contributed by atoms with E-state index in [0.717, 1.165) is 0 Å². The Labute approximate surface area is 175 Å². The van der Waals surface area contributed by atoms with E-state index in [0.29, 0.717) is 0 Å². The van der Waals surface area contributed by atoms with Gasteiger partial charge in [0.05, 0.1) is 0 Å². The predicted molar refractivity (Wildman–Crippen MR) is 53.9 cm³/mol. The van der Waals surface area contributed by atoms with Gasteiger partial charge in [-0.2, -0.15) is 74.6 Å². The van der Waals surface area contributed by atoms with Crippen LogP contribution in [0.15, 0.2) is 0 Å². The van der Waals surface area contributed by atoms with Crippen molar-refractivity contribution >= 4 is 10.0 Å². The molecular formula is C8HF17NNaO2S. The Kier molecular flexibility index (Phi) is 8.13. The molecule has 0 rings (SSSR count). The van der Waals surface area contributed by atoms with Gasteiger partial charge in [0, 0.05) is 0 Å². The van der Waals surface area contributed by atoms with E-state index in [1.807, 2.05) is 0 Å². The second kappa shape index (κ2) is 7.65. The summed E-state index contributed by atoms with van der Waals surface area (Å²) >= 11 is 0. The molecule has 0 fully saturated rings. The molecule has 176 valence electrons. The topological polar surface area (TPSA) is 57.9 Å². The first kappa shape index (κ1) is 31.9. The normalized spacial score (nSPS) is 16.3. The molecule has 30 heavy (non-hydrogen) atoms. The Morgan fingerprint density at radius 2 is 0.633 bits per heavy atom. The molecule has 1 N–H and O–H groups in total. The first-order valence-electron chi connectivity index (χ1n) is 5.70. The molecule has 0 radical (unpaired) electrons. The van der Waals surface area contributed by atoms with Crippen molar-refractivity contribution in [1.82, 2.24) is 0 Å². The number of hydrogen-bond donors (Lipinski definition) is 0. The van der Waals surface area contributed by atoms with Gasteiger partial charge in [-0.15, -0.1) is 0 Å². The molecule has 0 spiro atoms. The average molecular weight is 521 g/mol. The third-order valence-corrected chi connectivity index (χ3v) is 3.96. The van der Waals surface area contributed by atoms with Crippen molar-refractivity contribution in [3.63, 3.8) is 0 Å².